The molecule has 0 aliphatic heterocycles. The molecule has 1 saturated carbocycles. The Labute approximate surface area is 96.9 Å². The molecule has 0 saturated heterocycles. The molecule has 0 aromatic carbocycles. The van der Waals surface area contributed by atoms with E-state index in [0.29, 0.717) is 6.61 Å². The molecule has 0 spiro atoms. The van der Waals surface area contributed by atoms with E-state index in [1.807, 2.05) is 0 Å². The van der Waals surface area contributed by atoms with Gasteiger partial charge in [0.2, 0.25) is 5.91 Å². The van der Waals surface area contributed by atoms with E-state index in [1.54, 1.807) is 18.9 Å². The van der Waals surface area contributed by atoms with Gasteiger partial charge in [-0.25, -0.2) is 0 Å². The van der Waals surface area contributed by atoms with Gasteiger partial charge >= 0.3 is 5.97 Å². The third kappa shape index (κ3) is 4.21. The summed E-state index contributed by atoms with van der Waals surface area (Å²) in [6.07, 6.45) is 4.84. The van der Waals surface area contributed by atoms with Crippen molar-refractivity contribution in [3.63, 3.8) is 0 Å². The third-order valence-electron chi connectivity index (χ3n) is 3.12. The first-order chi connectivity index (χ1) is 7.63. The SMILES string of the molecule is CCOC(=O)CC(=O)N(C)CCC1CCC1. The van der Waals surface area contributed by atoms with Crippen LogP contribution in [0.15, 0.2) is 0 Å². The maximum Gasteiger partial charge on any atom is 0.315 e. The van der Waals surface area contributed by atoms with Crippen molar-refractivity contribution in [1.29, 1.82) is 0 Å². The van der Waals surface area contributed by atoms with Gasteiger partial charge in [0.15, 0.2) is 0 Å². The Hall–Kier alpha value is -1.06. The smallest absolute Gasteiger partial charge is 0.315 e. The average molecular weight is 227 g/mol. The molecular weight excluding hydrogens is 206 g/mol. The summed E-state index contributed by atoms with van der Waals surface area (Å²) in [6, 6.07) is 0. The van der Waals surface area contributed by atoms with Gasteiger partial charge in [0.1, 0.15) is 6.42 Å². The molecular formula is C12H21NO3. The molecule has 0 bridgehead atoms. The Morgan fingerprint density at radius 3 is 2.56 bits per heavy atom. The van der Waals surface area contributed by atoms with Crippen LogP contribution in [0.5, 0.6) is 0 Å². The van der Waals surface area contributed by atoms with Crippen LogP contribution >= 0.6 is 0 Å². The third-order valence-corrected chi connectivity index (χ3v) is 3.12. The highest BCUT2D eigenvalue weighted by Crippen LogP contribution is 2.29. The lowest BCUT2D eigenvalue weighted by Crippen LogP contribution is -2.31. The molecule has 4 nitrogen and oxygen atoms in total. The first kappa shape index (κ1) is 13.0. The van der Waals surface area contributed by atoms with E-state index in [9.17, 15) is 9.59 Å². The average Bonchev–Trinajstić information content (AvgIpc) is 2.15. The summed E-state index contributed by atoms with van der Waals surface area (Å²) in [5.41, 5.74) is 0. The van der Waals surface area contributed by atoms with Crippen LogP contribution in [0, 0.1) is 5.92 Å². The fourth-order valence-corrected chi connectivity index (χ4v) is 1.75. The van der Waals surface area contributed by atoms with Crippen LogP contribution in [-0.4, -0.2) is 37.0 Å². The number of carbonyl (C=O) groups is 2. The molecule has 1 fully saturated rings. The summed E-state index contributed by atoms with van der Waals surface area (Å²) < 4.78 is 4.73. The Morgan fingerprint density at radius 1 is 1.38 bits per heavy atom. The highest BCUT2D eigenvalue weighted by molar-refractivity contribution is 5.94. The number of rotatable bonds is 6. The normalized spacial score (nSPS) is 15.4. The molecule has 4 heteroatoms. The first-order valence-corrected chi connectivity index (χ1v) is 6.03. The van der Waals surface area contributed by atoms with Gasteiger partial charge in [-0.15, -0.1) is 0 Å². The minimum atomic E-state index is -0.428. The van der Waals surface area contributed by atoms with Crippen molar-refractivity contribution in [2.45, 2.75) is 39.0 Å². The van der Waals surface area contributed by atoms with Crippen LogP contribution in [0.4, 0.5) is 0 Å². The van der Waals surface area contributed by atoms with Gasteiger partial charge in [0, 0.05) is 13.6 Å². The molecule has 0 radical (unpaired) electrons. The largest absolute Gasteiger partial charge is 0.466 e. The summed E-state index contributed by atoms with van der Waals surface area (Å²) >= 11 is 0. The Bertz CT molecular complexity index is 249. The van der Waals surface area contributed by atoms with Crippen molar-refractivity contribution >= 4 is 11.9 Å². The summed E-state index contributed by atoms with van der Waals surface area (Å²) in [4.78, 5) is 24.3. The molecule has 0 aromatic rings. The van der Waals surface area contributed by atoms with Crippen molar-refractivity contribution in [2.24, 2.45) is 5.92 Å². The summed E-state index contributed by atoms with van der Waals surface area (Å²) in [6.45, 7) is 2.82. The minimum Gasteiger partial charge on any atom is -0.466 e. The van der Waals surface area contributed by atoms with Crippen LogP contribution in [0.1, 0.15) is 39.0 Å². The van der Waals surface area contributed by atoms with Crippen LogP contribution in [0.25, 0.3) is 0 Å². The van der Waals surface area contributed by atoms with E-state index >= 15 is 0 Å². The number of esters is 1. The monoisotopic (exact) mass is 227 g/mol. The predicted molar refractivity (Wildman–Crippen MR) is 60.8 cm³/mol. The predicted octanol–water partition coefficient (Wildman–Crippen LogP) is 1.59. The fourth-order valence-electron chi connectivity index (χ4n) is 1.75. The molecule has 92 valence electrons. The van der Waals surface area contributed by atoms with Gasteiger partial charge in [-0.05, 0) is 19.3 Å². The van der Waals surface area contributed by atoms with Gasteiger partial charge < -0.3 is 9.64 Å². The highest BCUT2D eigenvalue weighted by Gasteiger charge is 2.20. The molecule has 16 heavy (non-hydrogen) atoms. The van der Waals surface area contributed by atoms with Gasteiger partial charge in [-0.3, -0.25) is 9.59 Å². The van der Waals surface area contributed by atoms with E-state index in [1.165, 1.54) is 19.3 Å². The second kappa shape index (κ2) is 6.51. The zero-order chi connectivity index (χ0) is 12.0. The molecule has 0 unspecified atom stereocenters. The number of hydrogen-bond donors (Lipinski definition) is 0. The quantitative estimate of drug-likeness (QED) is 0.511. The zero-order valence-electron chi connectivity index (χ0n) is 10.2. The summed E-state index contributed by atoms with van der Waals surface area (Å²) in [5, 5.41) is 0. The van der Waals surface area contributed by atoms with Crippen LogP contribution in [-0.2, 0) is 14.3 Å². The van der Waals surface area contributed by atoms with E-state index in [-0.39, 0.29) is 12.3 Å². The lowest BCUT2D eigenvalue weighted by Gasteiger charge is -2.27. The number of carbonyl (C=O) groups excluding carboxylic acids is 2. The first-order valence-electron chi connectivity index (χ1n) is 6.03. The standard InChI is InChI=1S/C12H21NO3/c1-3-16-12(15)9-11(14)13(2)8-7-10-5-4-6-10/h10H,3-9H2,1-2H3. The molecule has 1 amide bonds. The van der Waals surface area contributed by atoms with Crippen LogP contribution < -0.4 is 0 Å². The Balaban J connectivity index is 2.16. The Morgan fingerprint density at radius 2 is 2.06 bits per heavy atom. The van der Waals surface area contributed by atoms with Gasteiger partial charge in [-0.1, -0.05) is 19.3 Å². The van der Waals surface area contributed by atoms with Crippen molar-refractivity contribution < 1.29 is 14.3 Å². The second-order valence-electron chi connectivity index (χ2n) is 4.38. The molecule has 0 heterocycles. The van der Waals surface area contributed by atoms with Crippen molar-refractivity contribution in [3.8, 4) is 0 Å². The number of amides is 1. The van der Waals surface area contributed by atoms with E-state index < -0.39 is 5.97 Å². The molecule has 0 N–H and O–H groups in total. The van der Waals surface area contributed by atoms with E-state index in [4.69, 9.17) is 4.74 Å². The molecule has 0 atom stereocenters. The van der Waals surface area contributed by atoms with Gasteiger partial charge in [-0.2, -0.15) is 0 Å². The van der Waals surface area contributed by atoms with Crippen molar-refractivity contribution in [2.75, 3.05) is 20.2 Å². The number of hydrogen-bond acceptors (Lipinski definition) is 3. The van der Waals surface area contributed by atoms with Gasteiger partial charge in [0.25, 0.3) is 0 Å². The highest BCUT2D eigenvalue weighted by atomic mass is 16.5. The zero-order valence-corrected chi connectivity index (χ0v) is 10.2. The topological polar surface area (TPSA) is 46.6 Å². The Kier molecular flexibility index (Phi) is 5.29. The van der Waals surface area contributed by atoms with Crippen molar-refractivity contribution in [3.05, 3.63) is 0 Å². The molecule has 0 aromatic heterocycles. The molecule has 1 aliphatic rings. The maximum atomic E-state index is 11.6. The van der Waals surface area contributed by atoms with E-state index in [2.05, 4.69) is 0 Å². The minimum absolute atomic E-state index is 0.130. The van der Waals surface area contributed by atoms with Crippen LogP contribution in [0.2, 0.25) is 0 Å². The summed E-state index contributed by atoms with van der Waals surface area (Å²) in [7, 11) is 1.75. The fraction of sp³-hybridized carbons (Fsp3) is 0.833. The van der Waals surface area contributed by atoms with Gasteiger partial charge in [0.05, 0.1) is 6.61 Å². The summed E-state index contributed by atoms with van der Waals surface area (Å²) in [5.74, 6) is 0.221. The lowest BCUT2D eigenvalue weighted by molar-refractivity contribution is -0.148. The molecule has 1 rings (SSSR count). The maximum absolute atomic E-state index is 11.6. The lowest BCUT2D eigenvalue weighted by atomic mass is 9.83. The van der Waals surface area contributed by atoms with Crippen molar-refractivity contribution in [1.82, 2.24) is 4.90 Å². The second-order valence-corrected chi connectivity index (χ2v) is 4.38. The number of nitrogens with zero attached hydrogens (tertiary/aromatic N) is 1. The van der Waals surface area contributed by atoms with E-state index in [0.717, 1.165) is 18.9 Å². The number of ether oxygens (including phenoxy) is 1. The molecule has 1 aliphatic carbocycles. The van der Waals surface area contributed by atoms with Crippen LogP contribution in [0.3, 0.4) is 0 Å².